The minimum absolute atomic E-state index is 0.0645. The van der Waals surface area contributed by atoms with Gasteiger partial charge < -0.3 is 10.1 Å². The fourth-order valence-corrected chi connectivity index (χ4v) is 5.21. The quantitative estimate of drug-likeness (QED) is 0.493. The van der Waals surface area contributed by atoms with Crippen LogP contribution in [0.5, 0.6) is 0 Å². The van der Waals surface area contributed by atoms with Gasteiger partial charge in [0.15, 0.2) is 0 Å². The van der Waals surface area contributed by atoms with E-state index in [1.54, 1.807) is 23.1 Å². The second-order valence-corrected chi connectivity index (χ2v) is 9.27. The number of anilines is 1. The molecule has 2 heterocycles. The highest BCUT2D eigenvalue weighted by Crippen LogP contribution is 2.28. The van der Waals surface area contributed by atoms with E-state index in [-0.39, 0.29) is 5.91 Å². The fourth-order valence-electron chi connectivity index (χ4n) is 3.39. The van der Waals surface area contributed by atoms with E-state index in [2.05, 4.69) is 39.9 Å². The van der Waals surface area contributed by atoms with Gasteiger partial charge >= 0.3 is 0 Å². The molecule has 0 aliphatic carbocycles. The molecule has 30 heavy (non-hydrogen) atoms. The molecular weight excluding hydrogens is 412 g/mol. The lowest BCUT2D eigenvalue weighted by Gasteiger charge is -2.26. The number of carbonyl (C=O) groups is 1. The van der Waals surface area contributed by atoms with Crippen LogP contribution in [0, 0.1) is 0 Å². The predicted molar refractivity (Wildman–Crippen MR) is 126 cm³/mol. The van der Waals surface area contributed by atoms with Gasteiger partial charge in [0.2, 0.25) is 0 Å². The maximum absolute atomic E-state index is 12.9. The maximum Gasteiger partial charge on any atom is 0.256 e. The average molecular weight is 439 g/mol. The minimum Gasteiger partial charge on any atom is -0.379 e. The minimum atomic E-state index is -0.0645. The smallest absolute Gasteiger partial charge is 0.256 e. The average Bonchev–Trinajstić information content (AvgIpc) is 3.32. The van der Waals surface area contributed by atoms with Gasteiger partial charge in [0.25, 0.3) is 5.91 Å². The van der Waals surface area contributed by atoms with Gasteiger partial charge in [-0.05, 0) is 47.7 Å². The lowest BCUT2D eigenvalue weighted by atomic mass is 10.1. The van der Waals surface area contributed by atoms with Crippen LogP contribution >= 0.6 is 23.1 Å². The third kappa shape index (κ3) is 5.95. The van der Waals surface area contributed by atoms with E-state index < -0.39 is 0 Å². The Morgan fingerprint density at radius 3 is 2.60 bits per heavy atom. The Balaban J connectivity index is 1.33. The highest BCUT2D eigenvalue weighted by Gasteiger charge is 2.13. The summed E-state index contributed by atoms with van der Waals surface area (Å²) in [5.41, 5.74) is 2.83. The summed E-state index contributed by atoms with van der Waals surface area (Å²) in [6.07, 6.45) is 1.01. The van der Waals surface area contributed by atoms with Gasteiger partial charge in [0.1, 0.15) is 0 Å². The number of thiophene rings is 1. The van der Waals surface area contributed by atoms with Crippen LogP contribution in [0.4, 0.5) is 5.69 Å². The van der Waals surface area contributed by atoms with Crippen LogP contribution in [-0.2, 0) is 16.9 Å². The van der Waals surface area contributed by atoms with E-state index >= 15 is 0 Å². The van der Waals surface area contributed by atoms with Crippen LogP contribution in [-0.4, -0.2) is 43.7 Å². The topological polar surface area (TPSA) is 41.6 Å². The molecule has 1 amide bonds. The Hall–Kier alpha value is -2.12. The largest absolute Gasteiger partial charge is 0.379 e. The molecule has 1 aliphatic heterocycles. The fraction of sp³-hybridized carbons (Fsp3) is 0.292. The van der Waals surface area contributed by atoms with E-state index in [0.29, 0.717) is 0 Å². The number of hydrogen-bond acceptors (Lipinski definition) is 5. The summed E-state index contributed by atoms with van der Waals surface area (Å²) in [5.74, 6) is 0.810. The predicted octanol–water partition coefficient (Wildman–Crippen LogP) is 5.17. The van der Waals surface area contributed by atoms with Crippen LogP contribution in [0.15, 0.2) is 70.9 Å². The van der Waals surface area contributed by atoms with E-state index in [1.165, 1.54) is 10.4 Å². The van der Waals surface area contributed by atoms with E-state index in [1.807, 2.05) is 36.4 Å². The molecule has 156 valence electrons. The lowest BCUT2D eigenvalue weighted by molar-refractivity contribution is 0.0384. The number of rotatable bonds is 8. The zero-order valence-corrected chi connectivity index (χ0v) is 18.5. The zero-order chi connectivity index (χ0) is 20.6. The van der Waals surface area contributed by atoms with Gasteiger partial charge in [0, 0.05) is 40.8 Å². The Morgan fingerprint density at radius 1 is 1.03 bits per heavy atom. The summed E-state index contributed by atoms with van der Waals surface area (Å²) in [4.78, 5) is 17.6. The molecular formula is C24H26N2O2S2. The number of morpholine rings is 1. The summed E-state index contributed by atoms with van der Waals surface area (Å²) in [7, 11) is 0. The standard InChI is InChI=1S/C24H26N2O2S2/c27-24(22-5-1-2-6-23(22)30-18-21-4-3-17-29-21)25-20-9-7-19(8-10-20)11-12-26-13-15-28-16-14-26/h1-10,17H,11-16,18H2,(H,25,27). The van der Waals surface area contributed by atoms with E-state index in [4.69, 9.17) is 4.74 Å². The molecule has 0 saturated carbocycles. The van der Waals surface area contributed by atoms with Crippen molar-refractivity contribution < 1.29 is 9.53 Å². The first-order chi connectivity index (χ1) is 14.8. The maximum atomic E-state index is 12.9. The van der Waals surface area contributed by atoms with Crippen molar-refractivity contribution in [2.45, 2.75) is 17.1 Å². The third-order valence-corrected chi connectivity index (χ3v) is 7.30. The van der Waals surface area contributed by atoms with Crippen molar-refractivity contribution in [2.24, 2.45) is 0 Å². The molecule has 1 N–H and O–H groups in total. The first-order valence-corrected chi connectivity index (χ1v) is 12.1. The van der Waals surface area contributed by atoms with Crippen molar-refractivity contribution >= 4 is 34.7 Å². The molecule has 0 spiro atoms. The number of amides is 1. The van der Waals surface area contributed by atoms with E-state index in [0.717, 1.165) is 61.2 Å². The molecule has 4 rings (SSSR count). The van der Waals surface area contributed by atoms with Crippen molar-refractivity contribution in [1.82, 2.24) is 4.90 Å². The molecule has 1 aromatic heterocycles. The van der Waals surface area contributed by atoms with Gasteiger partial charge in [0.05, 0.1) is 18.8 Å². The first kappa shape index (κ1) is 21.1. The van der Waals surface area contributed by atoms with Crippen LogP contribution < -0.4 is 5.32 Å². The number of ether oxygens (including phenoxy) is 1. The van der Waals surface area contributed by atoms with Crippen molar-refractivity contribution in [2.75, 3.05) is 38.2 Å². The Bertz CT molecular complexity index is 936. The summed E-state index contributed by atoms with van der Waals surface area (Å²) in [6, 6.07) is 20.2. The molecule has 0 atom stereocenters. The molecule has 3 aromatic rings. The van der Waals surface area contributed by atoms with Crippen LogP contribution in [0.1, 0.15) is 20.8 Å². The second kappa shape index (κ2) is 10.8. The zero-order valence-electron chi connectivity index (χ0n) is 16.9. The number of benzene rings is 2. The molecule has 1 aliphatic rings. The summed E-state index contributed by atoms with van der Waals surface area (Å²) >= 11 is 3.44. The Morgan fingerprint density at radius 2 is 1.83 bits per heavy atom. The van der Waals surface area contributed by atoms with Crippen molar-refractivity contribution in [3.8, 4) is 0 Å². The van der Waals surface area contributed by atoms with Crippen molar-refractivity contribution in [3.05, 3.63) is 82.0 Å². The van der Waals surface area contributed by atoms with Gasteiger partial charge in [-0.15, -0.1) is 23.1 Å². The summed E-state index contributed by atoms with van der Waals surface area (Å²) in [6.45, 7) is 4.73. The Kier molecular flexibility index (Phi) is 7.59. The Labute approximate surface area is 186 Å². The van der Waals surface area contributed by atoms with Crippen LogP contribution in [0.2, 0.25) is 0 Å². The lowest BCUT2D eigenvalue weighted by Crippen LogP contribution is -2.37. The number of hydrogen-bond donors (Lipinski definition) is 1. The summed E-state index contributed by atoms with van der Waals surface area (Å²) in [5, 5.41) is 5.13. The molecule has 0 unspecified atom stereocenters. The van der Waals surface area contributed by atoms with Gasteiger partial charge in [-0.2, -0.15) is 0 Å². The molecule has 0 radical (unpaired) electrons. The SMILES string of the molecule is O=C(Nc1ccc(CCN2CCOCC2)cc1)c1ccccc1SCc1cccs1. The normalized spacial score (nSPS) is 14.5. The number of nitrogens with zero attached hydrogens (tertiary/aromatic N) is 1. The monoisotopic (exact) mass is 438 g/mol. The van der Waals surface area contributed by atoms with Crippen molar-refractivity contribution in [3.63, 3.8) is 0 Å². The van der Waals surface area contributed by atoms with E-state index in [9.17, 15) is 4.79 Å². The van der Waals surface area contributed by atoms with Crippen molar-refractivity contribution in [1.29, 1.82) is 0 Å². The van der Waals surface area contributed by atoms with Crippen LogP contribution in [0.3, 0.4) is 0 Å². The van der Waals surface area contributed by atoms with Gasteiger partial charge in [-0.1, -0.05) is 30.3 Å². The molecule has 6 heteroatoms. The van der Waals surface area contributed by atoms with Gasteiger partial charge in [-0.25, -0.2) is 0 Å². The number of carbonyl (C=O) groups excluding carboxylic acids is 1. The molecule has 1 fully saturated rings. The molecule has 2 aromatic carbocycles. The number of nitrogens with one attached hydrogen (secondary N) is 1. The molecule has 0 bridgehead atoms. The summed E-state index contributed by atoms with van der Waals surface area (Å²) < 4.78 is 5.40. The third-order valence-electron chi connectivity index (χ3n) is 5.11. The molecule has 4 nitrogen and oxygen atoms in total. The highest BCUT2D eigenvalue weighted by atomic mass is 32.2. The molecule has 1 saturated heterocycles. The highest BCUT2D eigenvalue weighted by molar-refractivity contribution is 7.98. The number of thioether (sulfide) groups is 1. The van der Waals surface area contributed by atoms with Crippen LogP contribution in [0.25, 0.3) is 0 Å². The van der Waals surface area contributed by atoms with Gasteiger partial charge in [-0.3, -0.25) is 9.69 Å². The second-order valence-electron chi connectivity index (χ2n) is 7.22. The first-order valence-electron chi connectivity index (χ1n) is 10.2.